The van der Waals surface area contributed by atoms with Gasteiger partial charge in [-0.15, -0.1) is 0 Å². The molecule has 1 rings (SSSR count). The monoisotopic (exact) mass is 239 g/mol. The summed E-state index contributed by atoms with van der Waals surface area (Å²) in [7, 11) is 4.02. The van der Waals surface area contributed by atoms with Crippen molar-refractivity contribution in [2.24, 2.45) is 0 Å². The molecule has 0 saturated carbocycles. The first-order chi connectivity index (χ1) is 8.09. The summed E-state index contributed by atoms with van der Waals surface area (Å²) in [5, 5.41) is 0. The van der Waals surface area contributed by atoms with Gasteiger partial charge in [0.15, 0.2) is 0 Å². The number of nitrogens with zero attached hydrogens (tertiary/aromatic N) is 1. The number of hydrogen-bond acceptors (Lipinski definition) is 5. The van der Waals surface area contributed by atoms with Crippen LogP contribution < -0.4 is 16.2 Å². The van der Waals surface area contributed by atoms with Crippen LogP contribution in [0.15, 0.2) is 18.2 Å². The number of likely N-dealkylation sites (N-methyl/N-ethyl adjacent to an activating group) is 1. The second-order valence-electron chi connectivity index (χ2n) is 4.05. The number of nitrogens with two attached hydrogens (primary N) is 2. The molecule has 17 heavy (non-hydrogen) atoms. The van der Waals surface area contributed by atoms with Gasteiger partial charge in [-0.1, -0.05) is 0 Å². The molecule has 4 N–H and O–H groups in total. The fourth-order valence-electron chi connectivity index (χ4n) is 1.21. The topological polar surface area (TPSA) is 73.7 Å². The largest absolute Gasteiger partial charge is 0.491 e. The molecule has 0 spiro atoms. The summed E-state index contributed by atoms with van der Waals surface area (Å²) in [5.74, 6) is 0.716. The highest BCUT2D eigenvalue weighted by Crippen LogP contribution is 2.21. The van der Waals surface area contributed by atoms with E-state index >= 15 is 0 Å². The van der Waals surface area contributed by atoms with Gasteiger partial charge in [-0.25, -0.2) is 0 Å². The molecule has 0 bridgehead atoms. The number of anilines is 2. The first-order valence-electron chi connectivity index (χ1n) is 5.60. The fraction of sp³-hybridized carbons (Fsp3) is 0.500. The Kier molecular flexibility index (Phi) is 5.59. The highest BCUT2D eigenvalue weighted by Gasteiger charge is 1.98. The molecule has 0 aliphatic carbocycles. The van der Waals surface area contributed by atoms with E-state index in [1.165, 1.54) is 0 Å². The predicted octanol–water partition coefficient (Wildman–Crippen LogP) is 0.808. The van der Waals surface area contributed by atoms with E-state index in [1.807, 2.05) is 14.1 Å². The number of ether oxygens (including phenoxy) is 2. The van der Waals surface area contributed by atoms with Crippen LogP contribution in [0.5, 0.6) is 5.75 Å². The average molecular weight is 239 g/mol. The lowest BCUT2D eigenvalue weighted by Crippen LogP contribution is -2.19. The number of benzene rings is 1. The van der Waals surface area contributed by atoms with Crippen molar-refractivity contribution in [2.75, 3.05) is 51.9 Å². The summed E-state index contributed by atoms with van der Waals surface area (Å²) in [4.78, 5) is 2.07. The summed E-state index contributed by atoms with van der Waals surface area (Å²) >= 11 is 0. The lowest BCUT2D eigenvalue weighted by molar-refractivity contribution is 0.0890. The number of hydrogen-bond donors (Lipinski definition) is 2. The molecule has 0 unspecified atom stereocenters. The van der Waals surface area contributed by atoms with Gasteiger partial charge in [0.1, 0.15) is 12.4 Å². The van der Waals surface area contributed by atoms with Gasteiger partial charge in [0.25, 0.3) is 0 Å². The van der Waals surface area contributed by atoms with Crippen LogP contribution in [-0.4, -0.2) is 45.4 Å². The van der Waals surface area contributed by atoms with E-state index < -0.39 is 0 Å². The summed E-state index contributed by atoms with van der Waals surface area (Å²) < 4.78 is 10.9. The molecule has 5 heteroatoms. The molecule has 1 aromatic rings. The van der Waals surface area contributed by atoms with Gasteiger partial charge >= 0.3 is 0 Å². The minimum absolute atomic E-state index is 0.511. The molecule has 0 atom stereocenters. The minimum Gasteiger partial charge on any atom is -0.491 e. The minimum atomic E-state index is 0.511. The maximum Gasteiger partial charge on any atom is 0.121 e. The summed E-state index contributed by atoms with van der Waals surface area (Å²) in [6, 6.07) is 5.25. The molecule has 0 heterocycles. The highest BCUT2D eigenvalue weighted by molar-refractivity contribution is 5.65. The Bertz CT molecular complexity index is 343. The van der Waals surface area contributed by atoms with Gasteiger partial charge in [0, 0.05) is 12.6 Å². The van der Waals surface area contributed by atoms with Gasteiger partial charge in [-0.05, 0) is 26.2 Å². The zero-order valence-corrected chi connectivity index (χ0v) is 10.5. The summed E-state index contributed by atoms with van der Waals surface area (Å²) in [5.41, 5.74) is 12.4. The van der Waals surface area contributed by atoms with E-state index in [4.69, 9.17) is 20.9 Å². The van der Waals surface area contributed by atoms with Crippen LogP contribution in [0.1, 0.15) is 0 Å². The number of rotatable bonds is 7. The van der Waals surface area contributed by atoms with Crippen molar-refractivity contribution in [3.05, 3.63) is 18.2 Å². The van der Waals surface area contributed by atoms with Crippen molar-refractivity contribution in [1.29, 1.82) is 0 Å². The molecule has 1 aromatic carbocycles. The quantitative estimate of drug-likeness (QED) is 0.544. The van der Waals surface area contributed by atoms with Crippen LogP contribution in [0.2, 0.25) is 0 Å². The van der Waals surface area contributed by atoms with Crippen molar-refractivity contribution >= 4 is 11.4 Å². The third-order valence-corrected chi connectivity index (χ3v) is 2.24. The van der Waals surface area contributed by atoms with Crippen LogP contribution in [-0.2, 0) is 4.74 Å². The molecular formula is C12H21N3O2. The van der Waals surface area contributed by atoms with E-state index in [2.05, 4.69) is 4.90 Å². The maximum absolute atomic E-state index is 5.66. The van der Waals surface area contributed by atoms with E-state index in [-0.39, 0.29) is 0 Å². The third-order valence-electron chi connectivity index (χ3n) is 2.24. The Morgan fingerprint density at radius 1 is 1.06 bits per heavy atom. The lowest BCUT2D eigenvalue weighted by atomic mass is 10.2. The first-order valence-corrected chi connectivity index (χ1v) is 5.60. The molecule has 0 fully saturated rings. The molecule has 96 valence electrons. The second-order valence-corrected chi connectivity index (χ2v) is 4.05. The Balaban J connectivity index is 2.16. The smallest absolute Gasteiger partial charge is 0.121 e. The van der Waals surface area contributed by atoms with Gasteiger partial charge < -0.3 is 25.8 Å². The SMILES string of the molecule is CN(C)CCOCCOc1ccc(N)c(N)c1. The van der Waals surface area contributed by atoms with Crippen molar-refractivity contribution in [3.8, 4) is 5.75 Å². The molecular weight excluding hydrogens is 218 g/mol. The van der Waals surface area contributed by atoms with E-state index in [0.29, 0.717) is 36.9 Å². The Labute approximate surface area is 102 Å². The number of nitrogen functional groups attached to an aromatic ring is 2. The molecule has 0 aliphatic heterocycles. The maximum atomic E-state index is 5.66. The van der Waals surface area contributed by atoms with E-state index in [9.17, 15) is 0 Å². The Morgan fingerprint density at radius 3 is 2.47 bits per heavy atom. The van der Waals surface area contributed by atoms with Gasteiger partial charge in [-0.3, -0.25) is 0 Å². The highest BCUT2D eigenvalue weighted by atomic mass is 16.5. The van der Waals surface area contributed by atoms with Crippen molar-refractivity contribution < 1.29 is 9.47 Å². The van der Waals surface area contributed by atoms with E-state index in [1.54, 1.807) is 18.2 Å². The first kappa shape index (κ1) is 13.6. The molecule has 0 amide bonds. The average Bonchev–Trinajstić information content (AvgIpc) is 2.27. The molecule has 5 nitrogen and oxygen atoms in total. The van der Waals surface area contributed by atoms with Crippen molar-refractivity contribution in [1.82, 2.24) is 4.90 Å². The normalized spacial score (nSPS) is 10.8. The molecule has 0 aromatic heterocycles. The lowest BCUT2D eigenvalue weighted by Gasteiger charge is -2.11. The van der Waals surface area contributed by atoms with Crippen molar-refractivity contribution in [3.63, 3.8) is 0 Å². The molecule has 0 aliphatic rings. The van der Waals surface area contributed by atoms with Gasteiger partial charge in [0.2, 0.25) is 0 Å². The summed E-state index contributed by atoms with van der Waals surface area (Å²) in [6.07, 6.45) is 0. The Hall–Kier alpha value is -1.46. The second kappa shape index (κ2) is 6.98. The Morgan fingerprint density at radius 2 is 1.82 bits per heavy atom. The van der Waals surface area contributed by atoms with Crippen LogP contribution >= 0.6 is 0 Å². The standard InChI is InChI=1S/C12H21N3O2/c1-15(2)5-6-16-7-8-17-10-3-4-11(13)12(14)9-10/h3-4,9H,5-8,13-14H2,1-2H3. The van der Waals surface area contributed by atoms with E-state index in [0.717, 1.165) is 6.54 Å². The van der Waals surface area contributed by atoms with Gasteiger partial charge in [0.05, 0.1) is 24.6 Å². The van der Waals surface area contributed by atoms with Crippen LogP contribution in [0, 0.1) is 0 Å². The molecule has 0 saturated heterocycles. The third kappa shape index (κ3) is 5.42. The summed E-state index contributed by atoms with van der Waals surface area (Å²) in [6.45, 7) is 2.70. The molecule has 0 radical (unpaired) electrons. The van der Waals surface area contributed by atoms with Crippen LogP contribution in [0.4, 0.5) is 11.4 Å². The van der Waals surface area contributed by atoms with Gasteiger partial charge in [-0.2, -0.15) is 0 Å². The zero-order valence-electron chi connectivity index (χ0n) is 10.5. The fourth-order valence-corrected chi connectivity index (χ4v) is 1.21. The van der Waals surface area contributed by atoms with Crippen LogP contribution in [0.3, 0.4) is 0 Å². The van der Waals surface area contributed by atoms with Crippen LogP contribution in [0.25, 0.3) is 0 Å². The van der Waals surface area contributed by atoms with Crippen molar-refractivity contribution in [2.45, 2.75) is 0 Å². The zero-order chi connectivity index (χ0) is 12.7. The predicted molar refractivity (Wildman–Crippen MR) is 70.1 cm³/mol.